The molecule has 130 valence electrons. The zero-order valence-corrected chi connectivity index (χ0v) is 16.6. The molecule has 0 radical (unpaired) electrons. The summed E-state index contributed by atoms with van der Waals surface area (Å²) in [6, 6.07) is 12.4. The van der Waals surface area contributed by atoms with Gasteiger partial charge in [0.25, 0.3) is 0 Å². The lowest BCUT2D eigenvalue weighted by molar-refractivity contribution is 0.409. The molecule has 24 heavy (non-hydrogen) atoms. The lowest BCUT2D eigenvalue weighted by Gasteiger charge is -2.14. The van der Waals surface area contributed by atoms with Gasteiger partial charge in [0.2, 0.25) is 0 Å². The van der Waals surface area contributed by atoms with E-state index in [-0.39, 0.29) is 29.0 Å². The number of rotatable bonds is 5. The van der Waals surface area contributed by atoms with Gasteiger partial charge in [-0.2, -0.15) is 0 Å². The van der Waals surface area contributed by atoms with Crippen molar-refractivity contribution >= 4 is 41.5 Å². The minimum atomic E-state index is -0.422. The van der Waals surface area contributed by atoms with E-state index < -0.39 is 5.82 Å². The van der Waals surface area contributed by atoms with Crippen LogP contribution in [0.25, 0.3) is 0 Å². The summed E-state index contributed by atoms with van der Waals surface area (Å²) >= 11 is 5.78. The number of methoxy groups -OCH3 is 1. The third-order valence-electron chi connectivity index (χ3n) is 3.31. The molecule has 0 aliphatic heterocycles. The molecule has 2 N–H and O–H groups in total. The normalized spacial score (nSPS) is 10.8. The van der Waals surface area contributed by atoms with Crippen LogP contribution in [0.1, 0.15) is 11.1 Å². The number of hydrogen-bond acceptors (Lipinski definition) is 2. The van der Waals surface area contributed by atoms with Gasteiger partial charge < -0.3 is 15.4 Å². The van der Waals surface area contributed by atoms with E-state index in [1.807, 2.05) is 24.3 Å². The number of ether oxygens (including phenoxy) is 1. The highest BCUT2D eigenvalue weighted by Crippen LogP contribution is 2.17. The van der Waals surface area contributed by atoms with Crippen LogP contribution in [0, 0.1) is 5.82 Å². The molecule has 0 saturated heterocycles. The first-order valence-electron chi connectivity index (χ1n) is 7.14. The number of para-hydroxylation sites is 1. The Kier molecular flexibility index (Phi) is 8.84. The zero-order valence-electron chi connectivity index (χ0n) is 13.5. The van der Waals surface area contributed by atoms with Gasteiger partial charge in [0, 0.05) is 25.7 Å². The van der Waals surface area contributed by atoms with Crippen molar-refractivity contribution in [3.63, 3.8) is 0 Å². The van der Waals surface area contributed by atoms with Gasteiger partial charge in [0.1, 0.15) is 11.6 Å². The van der Waals surface area contributed by atoms with E-state index in [2.05, 4.69) is 15.6 Å². The Morgan fingerprint density at radius 1 is 1.17 bits per heavy atom. The third-order valence-corrected chi connectivity index (χ3v) is 3.60. The second-order valence-corrected chi connectivity index (χ2v) is 5.25. The Labute approximate surface area is 163 Å². The highest BCUT2D eigenvalue weighted by atomic mass is 127. The first-order chi connectivity index (χ1) is 11.1. The minimum Gasteiger partial charge on any atom is -0.496 e. The molecule has 0 unspecified atom stereocenters. The summed E-state index contributed by atoms with van der Waals surface area (Å²) in [5.74, 6) is 1.03. The molecule has 0 fully saturated rings. The van der Waals surface area contributed by atoms with Crippen LogP contribution in [0.15, 0.2) is 47.5 Å². The van der Waals surface area contributed by atoms with Crippen LogP contribution in [-0.2, 0) is 13.1 Å². The van der Waals surface area contributed by atoms with Gasteiger partial charge in [0.15, 0.2) is 5.96 Å². The maximum atomic E-state index is 13.1. The van der Waals surface area contributed by atoms with E-state index in [0.29, 0.717) is 19.0 Å². The fourth-order valence-electron chi connectivity index (χ4n) is 2.08. The molecular formula is C17H20ClFIN3O. The van der Waals surface area contributed by atoms with E-state index in [9.17, 15) is 4.39 Å². The van der Waals surface area contributed by atoms with Gasteiger partial charge >= 0.3 is 0 Å². The fraction of sp³-hybridized carbons (Fsp3) is 0.235. The van der Waals surface area contributed by atoms with E-state index in [1.54, 1.807) is 26.3 Å². The Hall–Kier alpha value is -1.54. The largest absolute Gasteiger partial charge is 0.496 e. The van der Waals surface area contributed by atoms with Crippen molar-refractivity contribution in [2.45, 2.75) is 13.1 Å². The Morgan fingerprint density at radius 3 is 2.54 bits per heavy atom. The van der Waals surface area contributed by atoms with Crippen LogP contribution in [0.2, 0.25) is 5.02 Å². The predicted molar refractivity (Wildman–Crippen MR) is 107 cm³/mol. The van der Waals surface area contributed by atoms with Gasteiger partial charge in [0.05, 0.1) is 12.1 Å². The van der Waals surface area contributed by atoms with Crippen LogP contribution in [-0.4, -0.2) is 20.1 Å². The van der Waals surface area contributed by atoms with E-state index in [1.165, 1.54) is 6.07 Å². The molecule has 0 aliphatic carbocycles. The van der Waals surface area contributed by atoms with Crippen LogP contribution in [0.4, 0.5) is 4.39 Å². The average Bonchev–Trinajstić information content (AvgIpc) is 2.58. The van der Waals surface area contributed by atoms with Crippen molar-refractivity contribution in [1.82, 2.24) is 10.6 Å². The molecule has 2 rings (SSSR count). The molecule has 2 aromatic carbocycles. The Bertz CT molecular complexity index is 697. The van der Waals surface area contributed by atoms with Gasteiger partial charge in [-0.15, -0.1) is 24.0 Å². The smallest absolute Gasteiger partial charge is 0.191 e. The Morgan fingerprint density at radius 2 is 1.88 bits per heavy atom. The summed E-state index contributed by atoms with van der Waals surface area (Å²) in [6.07, 6.45) is 0. The quantitative estimate of drug-likeness (QED) is 0.401. The highest BCUT2D eigenvalue weighted by molar-refractivity contribution is 14.0. The first kappa shape index (κ1) is 20.5. The molecule has 0 aliphatic rings. The topological polar surface area (TPSA) is 45.7 Å². The molecule has 2 aromatic rings. The number of nitrogens with zero attached hydrogens (tertiary/aromatic N) is 1. The van der Waals surface area contributed by atoms with Gasteiger partial charge in [-0.05, 0) is 23.8 Å². The van der Waals surface area contributed by atoms with Gasteiger partial charge in [-0.25, -0.2) is 4.39 Å². The lowest BCUT2D eigenvalue weighted by atomic mass is 10.2. The molecule has 0 heterocycles. The third kappa shape index (κ3) is 5.83. The minimum absolute atomic E-state index is 0. The first-order valence-corrected chi connectivity index (χ1v) is 7.52. The Balaban J connectivity index is 0.00000288. The molecule has 0 bridgehead atoms. The molecule has 0 saturated carbocycles. The summed E-state index contributed by atoms with van der Waals surface area (Å²) in [7, 11) is 3.33. The monoisotopic (exact) mass is 463 g/mol. The van der Waals surface area contributed by atoms with E-state index in [0.717, 1.165) is 16.9 Å². The van der Waals surface area contributed by atoms with Crippen molar-refractivity contribution < 1.29 is 9.13 Å². The number of guanidine groups is 1. The molecule has 4 nitrogen and oxygen atoms in total. The second-order valence-electron chi connectivity index (χ2n) is 4.84. The summed E-state index contributed by atoms with van der Waals surface area (Å²) in [5, 5.41) is 6.48. The van der Waals surface area contributed by atoms with E-state index in [4.69, 9.17) is 16.3 Å². The molecule has 0 spiro atoms. The standard InChI is InChI=1S/C17H19ClFN3O.HI/c1-20-17(21-10-12-7-8-15(19)14(18)9-12)22-11-13-5-3-4-6-16(13)23-2;/h3-9H,10-11H2,1-2H3,(H2,20,21,22);1H. The highest BCUT2D eigenvalue weighted by Gasteiger charge is 2.05. The second kappa shape index (κ2) is 10.4. The summed E-state index contributed by atoms with van der Waals surface area (Å²) in [5.41, 5.74) is 1.90. The number of aliphatic imine (C=N–C) groups is 1. The van der Waals surface area contributed by atoms with Crippen LogP contribution < -0.4 is 15.4 Å². The lowest BCUT2D eigenvalue weighted by Crippen LogP contribution is -2.36. The van der Waals surface area contributed by atoms with Crippen LogP contribution in [0.5, 0.6) is 5.75 Å². The van der Waals surface area contributed by atoms with Crippen molar-refractivity contribution in [2.24, 2.45) is 4.99 Å². The van der Waals surface area contributed by atoms with Gasteiger partial charge in [-0.3, -0.25) is 4.99 Å². The van der Waals surface area contributed by atoms with Crippen LogP contribution >= 0.6 is 35.6 Å². The SMILES string of the molecule is CN=C(NCc1ccc(F)c(Cl)c1)NCc1ccccc1OC.I. The average molecular weight is 464 g/mol. The predicted octanol–water partition coefficient (Wildman–Crippen LogP) is 3.97. The molecule has 0 amide bonds. The van der Waals surface area contributed by atoms with Crippen molar-refractivity contribution in [2.75, 3.05) is 14.2 Å². The number of halogens is 3. The zero-order chi connectivity index (χ0) is 16.7. The number of hydrogen-bond donors (Lipinski definition) is 2. The molecule has 7 heteroatoms. The van der Waals surface area contributed by atoms with Crippen molar-refractivity contribution in [3.05, 3.63) is 64.4 Å². The maximum absolute atomic E-state index is 13.1. The van der Waals surface area contributed by atoms with Crippen LogP contribution in [0.3, 0.4) is 0 Å². The fourth-order valence-corrected chi connectivity index (χ4v) is 2.29. The summed E-state index contributed by atoms with van der Waals surface area (Å²) in [6.45, 7) is 1.07. The molecular weight excluding hydrogens is 444 g/mol. The van der Waals surface area contributed by atoms with E-state index >= 15 is 0 Å². The summed E-state index contributed by atoms with van der Waals surface area (Å²) < 4.78 is 18.5. The maximum Gasteiger partial charge on any atom is 0.191 e. The number of benzene rings is 2. The number of nitrogens with one attached hydrogen (secondary N) is 2. The van der Waals surface area contributed by atoms with Gasteiger partial charge in [-0.1, -0.05) is 35.9 Å². The molecule has 0 atom stereocenters. The van der Waals surface area contributed by atoms with Crippen molar-refractivity contribution in [1.29, 1.82) is 0 Å². The molecule has 0 aromatic heterocycles. The van der Waals surface area contributed by atoms with Crippen molar-refractivity contribution in [3.8, 4) is 5.75 Å². The summed E-state index contributed by atoms with van der Waals surface area (Å²) in [4.78, 5) is 4.16.